The van der Waals surface area contributed by atoms with Crippen molar-refractivity contribution in [3.8, 4) is 0 Å². The standard InChI is InChI=1S/C8H14Se2/c1-3-5-7-9-10-8-6-4-2/h3-4H,1-2,5-8H2. The van der Waals surface area contributed by atoms with Crippen LogP contribution in [-0.4, -0.2) is 26.3 Å². The molecule has 0 spiro atoms. The molecular weight excluding hydrogens is 254 g/mol. The van der Waals surface area contributed by atoms with Crippen molar-refractivity contribution in [2.75, 3.05) is 0 Å². The van der Waals surface area contributed by atoms with Crippen LogP contribution in [0.5, 0.6) is 0 Å². The topological polar surface area (TPSA) is 0 Å². The normalized spacial score (nSPS) is 9.20. The summed E-state index contributed by atoms with van der Waals surface area (Å²) in [6.07, 6.45) is 6.47. The second-order valence-corrected chi connectivity index (χ2v) is 9.64. The van der Waals surface area contributed by atoms with Crippen LogP contribution in [0.3, 0.4) is 0 Å². The molecule has 58 valence electrons. The van der Waals surface area contributed by atoms with Gasteiger partial charge in [0.2, 0.25) is 0 Å². The molecule has 0 saturated carbocycles. The predicted octanol–water partition coefficient (Wildman–Crippen LogP) is 2.30. The van der Waals surface area contributed by atoms with Gasteiger partial charge in [-0.3, -0.25) is 0 Å². The molecule has 0 heterocycles. The predicted molar refractivity (Wildman–Crippen MR) is 50.8 cm³/mol. The van der Waals surface area contributed by atoms with E-state index in [0.717, 1.165) is 26.3 Å². The first-order valence-corrected chi connectivity index (χ1v) is 10.1. The fourth-order valence-corrected chi connectivity index (χ4v) is 6.65. The van der Waals surface area contributed by atoms with Gasteiger partial charge in [-0.1, -0.05) is 0 Å². The van der Waals surface area contributed by atoms with Crippen molar-refractivity contribution >= 4 is 26.3 Å². The Labute approximate surface area is 75.0 Å². The summed E-state index contributed by atoms with van der Waals surface area (Å²) in [5, 5.41) is 2.79. The summed E-state index contributed by atoms with van der Waals surface area (Å²) in [4.78, 5) is 0. The third-order valence-corrected chi connectivity index (χ3v) is 8.38. The summed E-state index contributed by atoms with van der Waals surface area (Å²) in [6.45, 7) is 7.39. The van der Waals surface area contributed by atoms with Crippen molar-refractivity contribution < 1.29 is 0 Å². The van der Waals surface area contributed by atoms with E-state index < -0.39 is 0 Å². The van der Waals surface area contributed by atoms with Crippen LogP contribution < -0.4 is 0 Å². The molecule has 0 saturated heterocycles. The average molecular weight is 268 g/mol. The van der Waals surface area contributed by atoms with E-state index in [1.807, 2.05) is 12.2 Å². The van der Waals surface area contributed by atoms with E-state index in [2.05, 4.69) is 13.2 Å². The molecular formula is C8H14Se2. The van der Waals surface area contributed by atoms with Gasteiger partial charge in [-0.05, 0) is 0 Å². The molecule has 0 aliphatic heterocycles. The van der Waals surface area contributed by atoms with E-state index in [4.69, 9.17) is 0 Å². The average Bonchev–Trinajstić information content (AvgIpc) is 1.97. The first-order valence-electron chi connectivity index (χ1n) is 3.38. The molecule has 0 amide bonds. The molecule has 0 aliphatic carbocycles. The first-order chi connectivity index (χ1) is 4.91. The Morgan fingerprint density at radius 1 is 0.900 bits per heavy atom. The molecule has 0 fully saturated rings. The van der Waals surface area contributed by atoms with E-state index in [1.54, 1.807) is 0 Å². The molecule has 0 atom stereocenters. The maximum absolute atomic E-state index is 3.70. The van der Waals surface area contributed by atoms with Gasteiger partial charge in [0.25, 0.3) is 0 Å². The van der Waals surface area contributed by atoms with Gasteiger partial charge in [-0.15, -0.1) is 0 Å². The molecule has 0 aliphatic rings. The van der Waals surface area contributed by atoms with Gasteiger partial charge in [0.1, 0.15) is 0 Å². The second-order valence-electron chi connectivity index (χ2n) is 1.80. The van der Waals surface area contributed by atoms with E-state index in [-0.39, 0.29) is 0 Å². The van der Waals surface area contributed by atoms with E-state index >= 15 is 0 Å². The van der Waals surface area contributed by atoms with Crippen LogP contribution in [-0.2, 0) is 0 Å². The summed E-state index contributed by atoms with van der Waals surface area (Å²) in [5.74, 6) is 0. The number of hydrogen-bond acceptors (Lipinski definition) is 0. The van der Waals surface area contributed by atoms with Gasteiger partial charge in [0, 0.05) is 0 Å². The SMILES string of the molecule is C=CCC[Se][Se]CCC=C. The Kier molecular flexibility index (Phi) is 10.0. The summed E-state index contributed by atoms with van der Waals surface area (Å²) < 4.78 is 0. The van der Waals surface area contributed by atoms with Crippen LogP contribution in [0, 0.1) is 0 Å². The van der Waals surface area contributed by atoms with Gasteiger partial charge >= 0.3 is 75.1 Å². The van der Waals surface area contributed by atoms with Gasteiger partial charge < -0.3 is 0 Å². The Bertz CT molecular complexity index is 77.3. The zero-order valence-electron chi connectivity index (χ0n) is 6.21. The molecule has 0 rings (SSSR count). The minimum absolute atomic E-state index is 0.921. The molecule has 0 aromatic rings. The Morgan fingerprint density at radius 2 is 1.30 bits per heavy atom. The van der Waals surface area contributed by atoms with E-state index in [0.29, 0.717) is 0 Å². The second kappa shape index (κ2) is 9.52. The molecule has 0 radical (unpaired) electrons. The fourth-order valence-electron chi connectivity index (χ4n) is 0.381. The summed E-state index contributed by atoms with van der Waals surface area (Å²) in [6, 6.07) is 0. The minimum atomic E-state index is 0.921. The van der Waals surface area contributed by atoms with Crippen LogP contribution in [0.2, 0.25) is 10.6 Å². The molecule has 0 aromatic carbocycles. The van der Waals surface area contributed by atoms with Crippen LogP contribution in [0.15, 0.2) is 25.3 Å². The fraction of sp³-hybridized carbons (Fsp3) is 0.500. The summed E-state index contributed by atoms with van der Waals surface area (Å²) in [7, 11) is 0. The Balaban J connectivity index is 2.76. The van der Waals surface area contributed by atoms with Gasteiger partial charge in [-0.25, -0.2) is 0 Å². The maximum atomic E-state index is 3.70. The van der Waals surface area contributed by atoms with E-state index in [9.17, 15) is 0 Å². The molecule has 10 heavy (non-hydrogen) atoms. The zero-order chi connectivity index (χ0) is 7.66. The van der Waals surface area contributed by atoms with Crippen LogP contribution in [0.4, 0.5) is 0 Å². The van der Waals surface area contributed by atoms with Gasteiger partial charge in [-0.2, -0.15) is 0 Å². The molecule has 2 heteroatoms. The monoisotopic (exact) mass is 270 g/mol. The van der Waals surface area contributed by atoms with Crippen molar-refractivity contribution in [2.45, 2.75) is 23.5 Å². The van der Waals surface area contributed by atoms with Gasteiger partial charge in [0.05, 0.1) is 0 Å². The Morgan fingerprint density at radius 3 is 1.60 bits per heavy atom. The van der Waals surface area contributed by atoms with Crippen molar-refractivity contribution in [3.63, 3.8) is 0 Å². The van der Waals surface area contributed by atoms with Crippen LogP contribution in [0.25, 0.3) is 0 Å². The number of allylic oxidation sites excluding steroid dienone is 2. The molecule has 0 aromatic heterocycles. The first kappa shape index (κ1) is 10.5. The summed E-state index contributed by atoms with van der Waals surface area (Å²) in [5.41, 5.74) is 0. The third-order valence-electron chi connectivity index (χ3n) is 0.894. The van der Waals surface area contributed by atoms with Crippen molar-refractivity contribution in [3.05, 3.63) is 25.3 Å². The van der Waals surface area contributed by atoms with Crippen LogP contribution >= 0.6 is 0 Å². The summed E-state index contributed by atoms with van der Waals surface area (Å²) >= 11 is 1.84. The third kappa shape index (κ3) is 8.52. The number of rotatable bonds is 7. The molecule has 0 N–H and O–H groups in total. The molecule has 0 nitrogen and oxygen atoms in total. The molecule has 0 bridgehead atoms. The van der Waals surface area contributed by atoms with Crippen molar-refractivity contribution in [1.29, 1.82) is 0 Å². The van der Waals surface area contributed by atoms with Gasteiger partial charge in [0.15, 0.2) is 0 Å². The number of hydrogen-bond donors (Lipinski definition) is 0. The van der Waals surface area contributed by atoms with Crippen molar-refractivity contribution in [1.82, 2.24) is 0 Å². The molecule has 0 unspecified atom stereocenters. The van der Waals surface area contributed by atoms with Crippen LogP contribution in [0.1, 0.15) is 12.8 Å². The Hall–Kier alpha value is 0.519. The van der Waals surface area contributed by atoms with E-state index in [1.165, 1.54) is 23.5 Å². The zero-order valence-corrected chi connectivity index (χ0v) is 9.64. The quantitative estimate of drug-likeness (QED) is 0.377. The van der Waals surface area contributed by atoms with Crippen molar-refractivity contribution in [2.24, 2.45) is 0 Å².